The molecule has 22 heavy (non-hydrogen) atoms. The van der Waals surface area contributed by atoms with Gasteiger partial charge in [-0.3, -0.25) is 14.8 Å². The number of amides is 2. The van der Waals surface area contributed by atoms with Gasteiger partial charge >= 0.3 is 0 Å². The van der Waals surface area contributed by atoms with E-state index in [2.05, 4.69) is 5.32 Å². The van der Waals surface area contributed by atoms with Crippen LogP contribution in [0.25, 0.3) is 0 Å². The maximum Gasteiger partial charge on any atom is 0.274 e. The van der Waals surface area contributed by atoms with Crippen LogP contribution in [0.5, 0.6) is 0 Å². The molecule has 5 heteroatoms. The summed E-state index contributed by atoms with van der Waals surface area (Å²) in [6, 6.07) is 16.2. The molecule has 5 nitrogen and oxygen atoms in total. The number of benzene rings is 2. The minimum Gasteiger partial charge on any atom is -0.326 e. The zero-order chi connectivity index (χ0) is 15.9. The van der Waals surface area contributed by atoms with Gasteiger partial charge in [0.15, 0.2) is 0 Å². The molecule has 0 radical (unpaired) electrons. The largest absolute Gasteiger partial charge is 0.326 e. The van der Waals surface area contributed by atoms with Crippen LogP contribution in [-0.4, -0.2) is 17.0 Å². The molecule has 114 valence electrons. The smallest absolute Gasteiger partial charge is 0.274 e. The van der Waals surface area contributed by atoms with Gasteiger partial charge in [0.05, 0.1) is 0 Å². The highest BCUT2D eigenvalue weighted by molar-refractivity contribution is 5.95. The highest BCUT2D eigenvalue weighted by Crippen LogP contribution is 2.19. The quantitative estimate of drug-likeness (QED) is 0.586. The summed E-state index contributed by atoms with van der Waals surface area (Å²) in [6.07, 6.45) is 0.378. The molecular weight excluding hydrogens is 280 g/mol. The molecule has 3 N–H and O–H groups in total. The molecule has 2 aromatic rings. The lowest BCUT2D eigenvalue weighted by molar-refractivity contribution is -0.116. The van der Waals surface area contributed by atoms with Crippen molar-refractivity contribution in [3.05, 3.63) is 65.7 Å². The summed E-state index contributed by atoms with van der Waals surface area (Å²) in [5, 5.41) is 11.3. The number of hydrogen-bond acceptors (Lipinski definition) is 3. The topological polar surface area (TPSA) is 78.4 Å². The first kappa shape index (κ1) is 15.7. The molecule has 0 aliphatic heterocycles. The summed E-state index contributed by atoms with van der Waals surface area (Å²) in [5.41, 5.74) is 3.61. The number of hydrogen-bond donors (Lipinski definition) is 3. The van der Waals surface area contributed by atoms with E-state index >= 15 is 0 Å². The van der Waals surface area contributed by atoms with Crippen LogP contribution in [0.4, 0.5) is 5.69 Å². The molecule has 0 bridgehead atoms. The van der Waals surface area contributed by atoms with Crippen molar-refractivity contribution < 1.29 is 14.8 Å². The fourth-order valence-corrected chi connectivity index (χ4v) is 2.16. The van der Waals surface area contributed by atoms with E-state index < -0.39 is 5.91 Å². The van der Waals surface area contributed by atoms with Gasteiger partial charge < -0.3 is 5.32 Å². The molecule has 2 rings (SSSR count). The van der Waals surface area contributed by atoms with Crippen LogP contribution in [0.2, 0.25) is 0 Å². The summed E-state index contributed by atoms with van der Waals surface area (Å²) in [7, 11) is 0. The van der Waals surface area contributed by atoms with Gasteiger partial charge in [-0.2, -0.15) is 0 Å². The Balaban J connectivity index is 1.93. The Morgan fingerprint density at radius 1 is 1.05 bits per heavy atom. The zero-order valence-corrected chi connectivity index (χ0v) is 12.2. The Kier molecular flexibility index (Phi) is 5.27. The summed E-state index contributed by atoms with van der Waals surface area (Å²) in [6.45, 7) is 2.00. The van der Waals surface area contributed by atoms with Gasteiger partial charge in [0.25, 0.3) is 5.91 Å². The van der Waals surface area contributed by atoms with Crippen LogP contribution in [0.15, 0.2) is 54.6 Å². The molecule has 1 atom stereocenters. The number of rotatable bonds is 5. The van der Waals surface area contributed by atoms with Gasteiger partial charge in [-0.05, 0) is 35.7 Å². The van der Waals surface area contributed by atoms with Crippen molar-refractivity contribution in [3.8, 4) is 0 Å². The van der Waals surface area contributed by atoms with Gasteiger partial charge in [-0.15, -0.1) is 0 Å². The number of hydroxylamine groups is 1. The third-order valence-electron chi connectivity index (χ3n) is 3.39. The Labute approximate surface area is 128 Å². The molecule has 2 aromatic carbocycles. The van der Waals surface area contributed by atoms with Crippen LogP contribution >= 0.6 is 0 Å². The first-order valence-electron chi connectivity index (χ1n) is 6.99. The predicted octanol–water partition coefficient (Wildman–Crippen LogP) is 2.94. The SMILES string of the molecule is C[C@H](CC(=O)Nc1ccc(C(=O)NO)cc1)c1ccccc1. The molecule has 0 aliphatic carbocycles. The average Bonchev–Trinajstić information content (AvgIpc) is 2.55. The number of carbonyl (C=O) groups is 2. The molecule has 0 unspecified atom stereocenters. The lowest BCUT2D eigenvalue weighted by Crippen LogP contribution is -2.18. The molecule has 2 amide bonds. The van der Waals surface area contributed by atoms with E-state index in [1.807, 2.05) is 37.3 Å². The number of anilines is 1. The third-order valence-corrected chi connectivity index (χ3v) is 3.39. The van der Waals surface area contributed by atoms with Crippen molar-refractivity contribution >= 4 is 17.5 Å². The predicted molar refractivity (Wildman–Crippen MR) is 83.8 cm³/mol. The molecule has 0 aliphatic rings. The van der Waals surface area contributed by atoms with Crippen LogP contribution in [0.1, 0.15) is 35.2 Å². The lowest BCUT2D eigenvalue weighted by atomic mass is 9.97. The zero-order valence-electron chi connectivity index (χ0n) is 12.2. The van der Waals surface area contributed by atoms with E-state index in [0.717, 1.165) is 5.56 Å². The van der Waals surface area contributed by atoms with Crippen LogP contribution in [-0.2, 0) is 4.79 Å². The molecule has 0 saturated carbocycles. The maximum absolute atomic E-state index is 12.0. The van der Waals surface area contributed by atoms with Crippen molar-refractivity contribution in [2.45, 2.75) is 19.3 Å². The van der Waals surface area contributed by atoms with Gasteiger partial charge in [0.1, 0.15) is 0 Å². The number of carbonyl (C=O) groups excluding carboxylic acids is 2. The third kappa shape index (κ3) is 4.17. The fraction of sp³-hybridized carbons (Fsp3) is 0.176. The average molecular weight is 298 g/mol. The van der Waals surface area contributed by atoms with Crippen LogP contribution in [0, 0.1) is 0 Å². The van der Waals surface area contributed by atoms with Crippen molar-refractivity contribution in [2.75, 3.05) is 5.32 Å². The highest BCUT2D eigenvalue weighted by Gasteiger charge is 2.11. The fourth-order valence-electron chi connectivity index (χ4n) is 2.16. The van der Waals surface area contributed by atoms with E-state index in [-0.39, 0.29) is 11.8 Å². The van der Waals surface area contributed by atoms with Crippen LogP contribution < -0.4 is 10.8 Å². The van der Waals surface area contributed by atoms with E-state index in [1.54, 1.807) is 17.6 Å². The molecule has 0 fully saturated rings. The first-order valence-corrected chi connectivity index (χ1v) is 6.99. The van der Waals surface area contributed by atoms with Crippen molar-refractivity contribution in [2.24, 2.45) is 0 Å². The molecule has 0 heterocycles. The lowest BCUT2D eigenvalue weighted by Gasteiger charge is -2.12. The maximum atomic E-state index is 12.0. The van der Waals surface area contributed by atoms with Gasteiger partial charge in [-0.25, -0.2) is 5.48 Å². The first-order chi connectivity index (χ1) is 10.6. The molecule has 0 spiro atoms. The second-order valence-electron chi connectivity index (χ2n) is 5.08. The van der Waals surface area contributed by atoms with Gasteiger partial charge in [0, 0.05) is 17.7 Å². The monoisotopic (exact) mass is 298 g/mol. The van der Waals surface area contributed by atoms with Crippen molar-refractivity contribution in [3.63, 3.8) is 0 Å². The molecular formula is C17H18N2O3. The minimum absolute atomic E-state index is 0.0873. The normalized spacial score (nSPS) is 11.5. The van der Waals surface area contributed by atoms with Crippen molar-refractivity contribution in [1.82, 2.24) is 5.48 Å². The summed E-state index contributed by atoms with van der Waals surface area (Å²) >= 11 is 0. The summed E-state index contributed by atoms with van der Waals surface area (Å²) < 4.78 is 0. The summed E-state index contributed by atoms with van der Waals surface area (Å²) in [4.78, 5) is 23.2. The Bertz CT molecular complexity index is 639. The highest BCUT2D eigenvalue weighted by atomic mass is 16.5. The second kappa shape index (κ2) is 7.38. The van der Waals surface area contributed by atoms with E-state index in [4.69, 9.17) is 5.21 Å². The number of nitrogens with one attached hydrogen (secondary N) is 2. The van der Waals surface area contributed by atoms with Crippen molar-refractivity contribution in [1.29, 1.82) is 0 Å². The van der Waals surface area contributed by atoms with E-state index in [1.165, 1.54) is 12.1 Å². The Morgan fingerprint density at radius 2 is 1.68 bits per heavy atom. The molecule has 0 aromatic heterocycles. The summed E-state index contributed by atoms with van der Waals surface area (Å²) in [5.74, 6) is -0.549. The van der Waals surface area contributed by atoms with E-state index in [0.29, 0.717) is 17.7 Å². The minimum atomic E-state index is -0.587. The van der Waals surface area contributed by atoms with Crippen LogP contribution in [0.3, 0.4) is 0 Å². The van der Waals surface area contributed by atoms with Gasteiger partial charge in [0.2, 0.25) is 5.91 Å². The van der Waals surface area contributed by atoms with E-state index in [9.17, 15) is 9.59 Å². The second-order valence-corrected chi connectivity index (χ2v) is 5.08. The molecule has 0 saturated heterocycles. The van der Waals surface area contributed by atoms with Gasteiger partial charge in [-0.1, -0.05) is 37.3 Å². The standard InChI is InChI=1S/C17H18N2O3/c1-12(13-5-3-2-4-6-13)11-16(20)18-15-9-7-14(8-10-15)17(21)19-22/h2-10,12,22H,11H2,1H3,(H,18,20)(H,19,21)/t12-/m1/s1. The Morgan fingerprint density at radius 3 is 2.27 bits per heavy atom. The Hall–Kier alpha value is -2.66.